The number of para-hydroxylation sites is 1. The zero-order chi connectivity index (χ0) is 18.0. The highest BCUT2D eigenvalue weighted by molar-refractivity contribution is 7.89. The second-order valence-electron chi connectivity index (χ2n) is 5.96. The van der Waals surface area contributed by atoms with Crippen LogP contribution < -0.4 is 5.32 Å². The van der Waals surface area contributed by atoms with Crippen LogP contribution in [0.1, 0.15) is 5.56 Å². The average Bonchev–Trinajstić information content (AvgIpc) is 3.10. The van der Waals surface area contributed by atoms with E-state index in [1.807, 2.05) is 36.4 Å². The Bertz CT molecular complexity index is 978. The fourth-order valence-corrected chi connectivity index (χ4v) is 5.44. The molecule has 2 heterocycles. The summed E-state index contributed by atoms with van der Waals surface area (Å²) in [5.41, 5.74) is 1.67. The number of benzene rings is 2. The number of thiazole rings is 1. The number of anilines is 1. The molecule has 1 N–H and O–H groups in total. The van der Waals surface area contributed by atoms with E-state index >= 15 is 0 Å². The van der Waals surface area contributed by atoms with E-state index in [1.165, 1.54) is 4.31 Å². The standard InChI is InChI=1S/C18H19N3O3S2/c22-26(23,21-9-11-24-12-10-21)17-8-4-1-5-14(17)13-19-18-20-15-6-2-3-7-16(15)25-18/h1-8H,9-13H2,(H,19,20). The Balaban J connectivity index is 1.57. The molecule has 6 nitrogen and oxygen atoms in total. The molecular formula is C18H19N3O3S2. The van der Waals surface area contributed by atoms with Crippen molar-refractivity contribution in [2.24, 2.45) is 0 Å². The van der Waals surface area contributed by atoms with Crippen LogP contribution in [0.4, 0.5) is 5.13 Å². The molecule has 0 saturated carbocycles. The number of nitrogens with zero attached hydrogens (tertiary/aromatic N) is 2. The van der Waals surface area contributed by atoms with Crippen LogP contribution in [0.15, 0.2) is 53.4 Å². The van der Waals surface area contributed by atoms with Gasteiger partial charge in [0.2, 0.25) is 10.0 Å². The Morgan fingerprint density at radius 2 is 1.81 bits per heavy atom. The first-order valence-corrected chi connectivity index (χ1v) is 10.7. The summed E-state index contributed by atoms with van der Waals surface area (Å²) >= 11 is 1.56. The van der Waals surface area contributed by atoms with Crippen molar-refractivity contribution in [2.75, 3.05) is 31.6 Å². The molecule has 0 spiro atoms. The lowest BCUT2D eigenvalue weighted by Gasteiger charge is -2.27. The zero-order valence-electron chi connectivity index (χ0n) is 14.1. The monoisotopic (exact) mass is 389 g/mol. The first-order chi connectivity index (χ1) is 12.6. The molecular weight excluding hydrogens is 370 g/mol. The van der Waals surface area contributed by atoms with E-state index < -0.39 is 10.0 Å². The number of nitrogens with one attached hydrogen (secondary N) is 1. The molecule has 2 aromatic carbocycles. The summed E-state index contributed by atoms with van der Waals surface area (Å²) in [5.74, 6) is 0. The molecule has 4 rings (SSSR count). The predicted octanol–water partition coefficient (Wildman–Crippen LogP) is 2.93. The van der Waals surface area contributed by atoms with Gasteiger partial charge in [-0.15, -0.1) is 0 Å². The number of ether oxygens (including phenoxy) is 1. The lowest BCUT2D eigenvalue weighted by molar-refractivity contribution is 0.0730. The average molecular weight is 390 g/mol. The summed E-state index contributed by atoms with van der Waals surface area (Å²) in [4.78, 5) is 4.88. The van der Waals surface area contributed by atoms with Gasteiger partial charge < -0.3 is 10.1 Å². The van der Waals surface area contributed by atoms with Crippen LogP contribution in [0.25, 0.3) is 10.2 Å². The molecule has 1 aromatic heterocycles. The van der Waals surface area contributed by atoms with Crippen molar-refractivity contribution in [3.8, 4) is 0 Å². The van der Waals surface area contributed by atoms with E-state index in [2.05, 4.69) is 10.3 Å². The maximum atomic E-state index is 13.0. The second-order valence-corrected chi connectivity index (χ2v) is 8.90. The molecule has 0 aliphatic carbocycles. The van der Waals surface area contributed by atoms with Gasteiger partial charge in [0, 0.05) is 19.6 Å². The van der Waals surface area contributed by atoms with Gasteiger partial charge in [-0.1, -0.05) is 41.7 Å². The number of hydrogen-bond donors (Lipinski definition) is 1. The summed E-state index contributed by atoms with van der Waals surface area (Å²) in [7, 11) is -3.53. The van der Waals surface area contributed by atoms with Gasteiger partial charge in [0.15, 0.2) is 5.13 Å². The van der Waals surface area contributed by atoms with Crippen molar-refractivity contribution < 1.29 is 13.2 Å². The Labute approximate surface area is 156 Å². The van der Waals surface area contributed by atoms with Crippen LogP contribution >= 0.6 is 11.3 Å². The van der Waals surface area contributed by atoms with Gasteiger partial charge in [0.25, 0.3) is 0 Å². The normalized spacial score (nSPS) is 16.0. The Morgan fingerprint density at radius 1 is 1.08 bits per heavy atom. The van der Waals surface area contributed by atoms with E-state index in [0.29, 0.717) is 37.7 Å². The van der Waals surface area contributed by atoms with Crippen molar-refractivity contribution in [1.29, 1.82) is 0 Å². The third-order valence-corrected chi connectivity index (χ3v) is 7.28. The van der Waals surface area contributed by atoms with Crippen molar-refractivity contribution in [3.63, 3.8) is 0 Å². The van der Waals surface area contributed by atoms with Gasteiger partial charge in [-0.2, -0.15) is 4.31 Å². The minimum atomic E-state index is -3.53. The van der Waals surface area contributed by atoms with Crippen molar-refractivity contribution in [2.45, 2.75) is 11.4 Å². The predicted molar refractivity (Wildman–Crippen MR) is 103 cm³/mol. The number of morpholine rings is 1. The smallest absolute Gasteiger partial charge is 0.243 e. The maximum Gasteiger partial charge on any atom is 0.243 e. The molecule has 1 aliphatic rings. The second kappa shape index (κ2) is 7.32. The highest BCUT2D eigenvalue weighted by atomic mass is 32.2. The Morgan fingerprint density at radius 3 is 2.62 bits per heavy atom. The molecule has 0 bridgehead atoms. The number of rotatable bonds is 5. The third-order valence-electron chi connectivity index (χ3n) is 4.28. The van der Waals surface area contributed by atoms with Gasteiger partial charge in [0.05, 0.1) is 28.3 Å². The minimum absolute atomic E-state index is 0.343. The van der Waals surface area contributed by atoms with Gasteiger partial charge >= 0.3 is 0 Å². The number of sulfonamides is 1. The fourth-order valence-electron chi connectivity index (χ4n) is 2.95. The molecule has 1 fully saturated rings. The van der Waals surface area contributed by atoms with Crippen LogP contribution in [0.2, 0.25) is 0 Å². The number of hydrogen-bond acceptors (Lipinski definition) is 6. The van der Waals surface area contributed by atoms with Crippen LogP contribution in [0, 0.1) is 0 Å². The van der Waals surface area contributed by atoms with Crippen molar-refractivity contribution in [3.05, 3.63) is 54.1 Å². The molecule has 26 heavy (non-hydrogen) atoms. The molecule has 0 radical (unpaired) electrons. The molecule has 0 unspecified atom stereocenters. The molecule has 1 saturated heterocycles. The number of fused-ring (bicyclic) bond motifs is 1. The van der Waals surface area contributed by atoms with Crippen LogP contribution in [-0.2, 0) is 21.3 Å². The van der Waals surface area contributed by atoms with E-state index in [1.54, 1.807) is 23.5 Å². The van der Waals surface area contributed by atoms with Gasteiger partial charge in [-0.05, 0) is 23.8 Å². The van der Waals surface area contributed by atoms with Gasteiger partial charge in [-0.25, -0.2) is 13.4 Å². The summed E-state index contributed by atoms with van der Waals surface area (Å²) in [6.07, 6.45) is 0. The SMILES string of the molecule is O=S(=O)(c1ccccc1CNc1nc2ccccc2s1)N1CCOCC1. The molecule has 8 heteroatoms. The molecule has 136 valence electrons. The van der Waals surface area contributed by atoms with E-state index in [-0.39, 0.29) is 0 Å². The number of aromatic nitrogens is 1. The van der Waals surface area contributed by atoms with E-state index in [4.69, 9.17) is 4.74 Å². The van der Waals surface area contributed by atoms with Crippen molar-refractivity contribution in [1.82, 2.24) is 9.29 Å². The van der Waals surface area contributed by atoms with Crippen LogP contribution in [0.3, 0.4) is 0 Å². The topological polar surface area (TPSA) is 71.5 Å². The summed E-state index contributed by atoms with van der Waals surface area (Å²) in [6.45, 7) is 2.06. The highest BCUT2D eigenvalue weighted by Crippen LogP contribution is 2.27. The molecule has 1 aliphatic heterocycles. The van der Waals surface area contributed by atoms with Crippen LogP contribution in [-0.4, -0.2) is 44.0 Å². The lowest BCUT2D eigenvalue weighted by atomic mass is 10.2. The van der Waals surface area contributed by atoms with Crippen LogP contribution in [0.5, 0.6) is 0 Å². The summed E-state index contributed by atoms with van der Waals surface area (Å²) in [5, 5.41) is 4.05. The fraction of sp³-hybridized carbons (Fsp3) is 0.278. The first kappa shape index (κ1) is 17.4. The van der Waals surface area contributed by atoms with E-state index in [0.717, 1.165) is 20.9 Å². The van der Waals surface area contributed by atoms with Crippen molar-refractivity contribution >= 4 is 36.7 Å². The van der Waals surface area contributed by atoms with Gasteiger partial charge in [0.1, 0.15) is 0 Å². The maximum absolute atomic E-state index is 13.0. The molecule has 0 atom stereocenters. The Hall–Kier alpha value is -2.00. The molecule has 3 aromatic rings. The highest BCUT2D eigenvalue weighted by Gasteiger charge is 2.28. The lowest BCUT2D eigenvalue weighted by Crippen LogP contribution is -2.41. The quantitative estimate of drug-likeness (QED) is 0.726. The Kier molecular flexibility index (Phi) is 4.90. The van der Waals surface area contributed by atoms with E-state index in [9.17, 15) is 8.42 Å². The third kappa shape index (κ3) is 3.45. The zero-order valence-corrected chi connectivity index (χ0v) is 15.7. The van der Waals surface area contributed by atoms with Gasteiger partial charge in [-0.3, -0.25) is 0 Å². The first-order valence-electron chi connectivity index (χ1n) is 8.40. The molecule has 0 amide bonds. The summed E-state index contributed by atoms with van der Waals surface area (Å²) < 4.78 is 33.8. The minimum Gasteiger partial charge on any atom is -0.379 e. The largest absolute Gasteiger partial charge is 0.379 e. The summed E-state index contributed by atoms with van der Waals surface area (Å²) in [6, 6.07) is 15.0.